The van der Waals surface area contributed by atoms with E-state index < -0.39 is 49.8 Å². The van der Waals surface area contributed by atoms with Crippen LogP contribution in [0.5, 0.6) is 11.6 Å². The molecule has 124 valence electrons. The van der Waals surface area contributed by atoms with Gasteiger partial charge < -0.3 is 14.4 Å². The zero-order valence-corrected chi connectivity index (χ0v) is 11.9. The Bertz CT molecular complexity index is 910. The van der Waals surface area contributed by atoms with Crippen molar-refractivity contribution < 1.29 is 40.8 Å². The highest BCUT2D eigenvalue weighted by Gasteiger charge is 2.49. The Morgan fingerprint density at radius 2 is 1.87 bits per heavy atom. The maximum Gasteiger partial charge on any atom is 0.534 e. The number of pyridine rings is 2. The Kier molecular flexibility index (Phi) is 3.80. The van der Waals surface area contributed by atoms with Crippen LogP contribution in [-0.4, -0.2) is 40.1 Å². The highest BCUT2D eigenvalue weighted by Crippen LogP contribution is 2.35. The third-order valence-corrected chi connectivity index (χ3v) is 3.55. The van der Waals surface area contributed by atoms with Gasteiger partial charge in [-0.15, -0.1) is 0 Å². The largest absolute Gasteiger partial charge is 0.534 e. The molecule has 0 fully saturated rings. The second kappa shape index (κ2) is 5.22. The summed E-state index contributed by atoms with van der Waals surface area (Å²) in [6.07, 6.45) is 0. The van der Waals surface area contributed by atoms with Crippen LogP contribution in [-0.2, 0) is 10.1 Å². The number of halogens is 3. The minimum Gasteiger partial charge on any atom is -0.504 e. The van der Waals surface area contributed by atoms with E-state index in [1.165, 1.54) is 13.0 Å². The fraction of sp³-hybridized carbons (Fsp3) is 0.182. The van der Waals surface area contributed by atoms with Crippen molar-refractivity contribution in [2.24, 2.45) is 0 Å². The molecule has 0 aliphatic rings. The molecule has 0 bridgehead atoms. The molecule has 8 nitrogen and oxygen atoms in total. The minimum atomic E-state index is -6.07. The van der Waals surface area contributed by atoms with Crippen molar-refractivity contribution in [3.63, 3.8) is 0 Å². The summed E-state index contributed by atoms with van der Waals surface area (Å²) in [5.74, 6) is -3.88. The predicted octanol–water partition coefficient (Wildman–Crippen LogP) is 1.57. The van der Waals surface area contributed by atoms with Crippen LogP contribution in [0.4, 0.5) is 13.2 Å². The maximum absolute atomic E-state index is 12.4. The number of aromatic carboxylic acids is 1. The van der Waals surface area contributed by atoms with E-state index in [1.54, 1.807) is 0 Å². The molecule has 23 heavy (non-hydrogen) atoms. The monoisotopic (exact) mass is 352 g/mol. The van der Waals surface area contributed by atoms with Crippen molar-refractivity contribution in [3.8, 4) is 11.6 Å². The molecule has 0 atom stereocenters. The third kappa shape index (κ3) is 2.97. The van der Waals surface area contributed by atoms with Gasteiger partial charge in [-0.05, 0) is 19.1 Å². The van der Waals surface area contributed by atoms with Gasteiger partial charge in [0.1, 0.15) is 5.52 Å². The first kappa shape index (κ1) is 16.7. The average Bonchev–Trinajstić information content (AvgIpc) is 2.40. The number of alkyl halides is 3. The molecule has 2 N–H and O–H groups in total. The smallest absolute Gasteiger partial charge is 0.504 e. The molecule has 2 aromatic heterocycles. The first-order chi connectivity index (χ1) is 10.4. The van der Waals surface area contributed by atoms with Gasteiger partial charge in [-0.3, -0.25) is 0 Å². The Labute approximate surface area is 126 Å². The average molecular weight is 352 g/mol. The predicted molar refractivity (Wildman–Crippen MR) is 68.5 cm³/mol. The number of hydrogen-bond donors (Lipinski definition) is 2. The number of rotatable bonds is 3. The zero-order chi connectivity index (χ0) is 17.6. The lowest BCUT2D eigenvalue weighted by molar-refractivity contribution is -0.0500. The van der Waals surface area contributed by atoms with E-state index in [-0.39, 0.29) is 0 Å². The van der Waals surface area contributed by atoms with Crippen molar-refractivity contribution in [3.05, 3.63) is 23.5 Å². The quantitative estimate of drug-likeness (QED) is 0.629. The number of carbonyl (C=O) groups is 1. The van der Waals surface area contributed by atoms with Crippen molar-refractivity contribution in [1.82, 2.24) is 9.97 Å². The number of carboxylic acids is 1. The fourth-order valence-corrected chi connectivity index (χ4v) is 2.03. The van der Waals surface area contributed by atoms with Crippen LogP contribution in [0.25, 0.3) is 10.9 Å². The van der Waals surface area contributed by atoms with Crippen LogP contribution in [0, 0.1) is 6.92 Å². The second-order valence-electron chi connectivity index (χ2n) is 4.25. The molecule has 2 heterocycles. The zero-order valence-electron chi connectivity index (χ0n) is 11.1. The number of fused-ring (bicyclic) bond motifs is 1. The summed E-state index contributed by atoms with van der Waals surface area (Å²) < 4.78 is 63.2. The summed E-state index contributed by atoms with van der Waals surface area (Å²) in [6.45, 7) is 1.47. The Morgan fingerprint density at radius 3 is 2.39 bits per heavy atom. The van der Waals surface area contributed by atoms with Crippen LogP contribution in [0.3, 0.4) is 0 Å². The van der Waals surface area contributed by atoms with Gasteiger partial charge in [0, 0.05) is 5.69 Å². The van der Waals surface area contributed by atoms with E-state index in [1.807, 2.05) is 0 Å². The number of carboxylic acid groups (broad SMARTS) is 1. The van der Waals surface area contributed by atoms with Gasteiger partial charge in [-0.1, -0.05) is 0 Å². The summed E-state index contributed by atoms with van der Waals surface area (Å²) in [6, 6.07) is 2.38. The molecule has 0 unspecified atom stereocenters. The highest BCUT2D eigenvalue weighted by molar-refractivity contribution is 7.88. The summed E-state index contributed by atoms with van der Waals surface area (Å²) >= 11 is 0. The third-order valence-electron chi connectivity index (χ3n) is 2.60. The molecule has 0 saturated heterocycles. The van der Waals surface area contributed by atoms with Crippen molar-refractivity contribution in [1.29, 1.82) is 0 Å². The first-order valence-electron chi connectivity index (χ1n) is 5.68. The topological polar surface area (TPSA) is 127 Å². The second-order valence-corrected chi connectivity index (χ2v) is 5.79. The Balaban J connectivity index is 2.78. The number of nitrogens with zero attached hydrogens (tertiary/aromatic N) is 2. The molecule has 2 aromatic rings. The van der Waals surface area contributed by atoms with Crippen molar-refractivity contribution >= 4 is 27.0 Å². The van der Waals surface area contributed by atoms with Crippen molar-refractivity contribution in [2.75, 3.05) is 0 Å². The van der Waals surface area contributed by atoms with E-state index in [9.17, 15) is 31.5 Å². The molecule has 12 heteroatoms. The van der Waals surface area contributed by atoms with Crippen LogP contribution in [0.2, 0.25) is 0 Å². The van der Waals surface area contributed by atoms with Crippen LogP contribution in [0.15, 0.2) is 12.1 Å². The van der Waals surface area contributed by atoms with E-state index in [2.05, 4.69) is 14.2 Å². The van der Waals surface area contributed by atoms with Crippen molar-refractivity contribution in [2.45, 2.75) is 12.4 Å². The molecular weight excluding hydrogens is 345 g/mol. The molecule has 0 radical (unpaired) electrons. The highest BCUT2D eigenvalue weighted by atomic mass is 32.2. The summed E-state index contributed by atoms with van der Waals surface area (Å²) in [5.41, 5.74) is -6.99. The molecular formula is C11H7F3N2O6S. The molecule has 0 spiro atoms. The van der Waals surface area contributed by atoms with Gasteiger partial charge in [-0.2, -0.15) is 21.6 Å². The SMILES string of the molecule is Cc1ccc2c(OS(=O)(=O)C(F)(F)F)nc(C(=O)O)c(O)c2n1. The van der Waals surface area contributed by atoms with E-state index >= 15 is 0 Å². The minimum absolute atomic E-state index is 0.292. The van der Waals surface area contributed by atoms with Gasteiger partial charge in [0.25, 0.3) is 0 Å². The lowest BCUT2D eigenvalue weighted by atomic mass is 10.2. The molecule has 2 rings (SSSR count). The van der Waals surface area contributed by atoms with Crippen LogP contribution >= 0.6 is 0 Å². The fourth-order valence-electron chi connectivity index (χ4n) is 1.60. The van der Waals surface area contributed by atoms with E-state index in [0.29, 0.717) is 5.69 Å². The lowest BCUT2D eigenvalue weighted by Gasteiger charge is -2.12. The maximum atomic E-state index is 12.4. The van der Waals surface area contributed by atoms with E-state index in [4.69, 9.17) is 5.11 Å². The van der Waals surface area contributed by atoms with Gasteiger partial charge in [0.15, 0.2) is 11.4 Å². The molecule has 0 aromatic carbocycles. The molecule has 0 amide bonds. The Hall–Kier alpha value is -2.63. The van der Waals surface area contributed by atoms with Crippen LogP contribution < -0.4 is 4.18 Å². The molecule has 0 aliphatic heterocycles. The number of aromatic hydroxyl groups is 1. The number of aryl methyl sites for hydroxylation is 1. The summed E-state index contributed by atoms with van der Waals surface area (Å²) in [4.78, 5) is 17.9. The number of aromatic nitrogens is 2. The van der Waals surface area contributed by atoms with Gasteiger partial charge in [-0.25, -0.2) is 14.8 Å². The van der Waals surface area contributed by atoms with Gasteiger partial charge in [0.05, 0.1) is 5.39 Å². The van der Waals surface area contributed by atoms with Gasteiger partial charge in [0.2, 0.25) is 5.88 Å². The first-order valence-corrected chi connectivity index (χ1v) is 7.09. The van der Waals surface area contributed by atoms with Gasteiger partial charge >= 0.3 is 21.6 Å². The molecule has 0 aliphatic carbocycles. The number of hydrogen-bond acceptors (Lipinski definition) is 7. The Morgan fingerprint density at radius 1 is 1.26 bits per heavy atom. The van der Waals surface area contributed by atoms with E-state index in [0.717, 1.165) is 6.07 Å². The standard InChI is InChI=1S/C11H7F3N2O6S/c1-4-2-3-5-6(15-4)8(17)7(10(18)19)16-9(5)22-23(20,21)11(12,13)14/h2-3,17H,1H3,(H,18,19). The van der Waals surface area contributed by atoms with Crippen LogP contribution in [0.1, 0.15) is 16.2 Å². The lowest BCUT2D eigenvalue weighted by Crippen LogP contribution is -2.28. The summed E-state index contributed by atoms with van der Waals surface area (Å²) in [5, 5.41) is 18.3. The molecule has 0 saturated carbocycles. The normalized spacial score (nSPS) is 12.3. The summed E-state index contributed by atoms with van der Waals surface area (Å²) in [7, 11) is -6.07.